The second-order valence-corrected chi connectivity index (χ2v) is 5.61. The number of benzene rings is 1. The molecule has 0 aliphatic heterocycles. The van der Waals surface area contributed by atoms with E-state index in [0.29, 0.717) is 13.0 Å². The van der Waals surface area contributed by atoms with Gasteiger partial charge in [0.25, 0.3) is 0 Å². The Balaban J connectivity index is 2.88. The second kappa shape index (κ2) is 7.91. The summed E-state index contributed by atoms with van der Waals surface area (Å²) in [6.45, 7) is 6.90. The van der Waals surface area contributed by atoms with Crippen molar-refractivity contribution in [3.8, 4) is 11.5 Å². The Morgan fingerprint density at radius 2 is 1.95 bits per heavy atom. The molecule has 0 atom stereocenters. The average Bonchev–Trinajstić information content (AvgIpc) is 2.47. The highest BCUT2D eigenvalue weighted by molar-refractivity contribution is 5.69. The topological polar surface area (TPSA) is 44.8 Å². The van der Waals surface area contributed by atoms with Crippen LogP contribution in [0.2, 0.25) is 0 Å². The summed E-state index contributed by atoms with van der Waals surface area (Å²) in [5.41, 5.74) is 0.993. The largest absolute Gasteiger partial charge is 0.496 e. The molecule has 0 aliphatic rings. The minimum atomic E-state index is -0.166. The van der Waals surface area contributed by atoms with Crippen molar-refractivity contribution in [2.75, 3.05) is 20.8 Å². The SMILES string of the molecule is CCOc1ccc(OC)c(C(C)(C)CCCC(=O)OC)c1. The molecule has 4 nitrogen and oxygen atoms in total. The highest BCUT2D eigenvalue weighted by Gasteiger charge is 2.25. The molecular formula is C17H26O4. The van der Waals surface area contributed by atoms with Crippen LogP contribution in [0.25, 0.3) is 0 Å². The van der Waals surface area contributed by atoms with E-state index in [9.17, 15) is 4.79 Å². The summed E-state index contributed by atoms with van der Waals surface area (Å²) in [4.78, 5) is 11.2. The fourth-order valence-electron chi connectivity index (χ4n) is 2.38. The van der Waals surface area contributed by atoms with E-state index in [2.05, 4.69) is 18.6 Å². The molecule has 0 radical (unpaired) electrons. The summed E-state index contributed by atoms with van der Waals surface area (Å²) < 4.78 is 15.7. The molecule has 118 valence electrons. The van der Waals surface area contributed by atoms with Crippen LogP contribution in [0.4, 0.5) is 0 Å². The quantitative estimate of drug-likeness (QED) is 0.686. The number of rotatable bonds is 8. The Bertz CT molecular complexity index is 466. The first-order valence-corrected chi connectivity index (χ1v) is 7.32. The average molecular weight is 294 g/mol. The van der Waals surface area contributed by atoms with Gasteiger partial charge in [-0.1, -0.05) is 13.8 Å². The van der Waals surface area contributed by atoms with Gasteiger partial charge < -0.3 is 14.2 Å². The maximum absolute atomic E-state index is 11.2. The molecule has 0 spiro atoms. The molecule has 1 rings (SSSR count). The fourth-order valence-corrected chi connectivity index (χ4v) is 2.38. The molecule has 0 amide bonds. The van der Waals surface area contributed by atoms with Gasteiger partial charge in [0.15, 0.2) is 0 Å². The monoisotopic (exact) mass is 294 g/mol. The lowest BCUT2D eigenvalue weighted by Crippen LogP contribution is -2.19. The number of methoxy groups -OCH3 is 2. The number of carbonyl (C=O) groups is 1. The van der Waals surface area contributed by atoms with Gasteiger partial charge in [-0.15, -0.1) is 0 Å². The van der Waals surface area contributed by atoms with Gasteiger partial charge in [-0.3, -0.25) is 4.79 Å². The van der Waals surface area contributed by atoms with Gasteiger partial charge in [-0.25, -0.2) is 0 Å². The van der Waals surface area contributed by atoms with Crippen LogP contribution in [0.3, 0.4) is 0 Å². The van der Waals surface area contributed by atoms with E-state index in [0.717, 1.165) is 29.9 Å². The van der Waals surface area contributed by atoms with Crippen LogP contribution in [0.1, 0.15) is 45.6 Å². The standard InChI is InChI=1S/C17H26O4/c1-6-21-13-9-10-15(19-4)14(12-13)17(2,3)11-7-8-16(18)20-5/h9-10,12H,6-8,11H2,1-5H3. The molecule has 1 aromatic carbocycles. The third-order valence-electron chi connectivity index (χ3n) is 3.62. The first-order valence-electron chi connectivity index (χ1n) is 7.32. The predicted octanol–water partition coefficient (Wildman–Crippen LogP) is 3.71. The molecule has 1 aromatic rings. The predicted molar refractivity (Wildman–Crippen MR) is 83.1 cm³/mol. The van der Waals surface area contributed by atoms with Crippen LogP contribution in [0, 0.1) is 0 Å². The van der Waals surface area contributed by atoms with E-state index in [4.69, 9.17) is 9.47 Å². The van der Waals surface area contributed by atoms with Crippen molar-refractivity contribution in [3.63, 3.8) is 0 Å². The van der Waals surface area contributed by atoms with Crippen molar-refractivity contribution in [1.29, 1.82) is 0 Å². The van der Waals surface area contributed by atoms with Crippen LogP contribution in [-0.2, 0) is 14.9 Å². The molecule has 21 heavy (non-hydrogen) atoms. The van der Waals surface area contributed by atoms with Crippen molar-refractivity contribution in [1.82, 2.24) is 0 Å². The van der Waals surface area contributed by atoms with Crippen molar-refractivity contribution < 1.29 is 19.0 Å². The third kappa shape index (κ3) is 4.96. The molecule has 0 heterocycles. The summed E-state index contributed by atoms with van der Waals surface area (Å²) >= 11 is 0. The van der Waals surface area contributed by atoms with Crippen LogP contribution >= 0.6 is 0 Å². The van der Waals surface area contributed by atoms with Crippen LogP contribution in [-0.4, -0.2) is 26.8 Å². The summed E-state index contributed by atoms with van der Waals surface area (Å²) in [6, 6.07) is 5.87. The maximum Gasteiger partial charge on any atom is 0.305 e. The number of esters is 1. The molecule has 0 saturated carbocycles. The Morgan fingerprint density at radius 1 is 1.24 bits per heavy atom. The first kappa shape index (κ1) is 17.3. The zero-order valence-electron chi connectivity index (χ0n) is 13.7. The van der Waals surface area contributed by atoms with Gasteiger partial charge in [0, 0.05) is 12.0 Å². The molecule has 0 aliphatic carbocycles. The lowest BCUT2D eigenvalue weighted by molar-refractivity contribution is -0.140. The zero-order chi connectivity index (χ0) is 15.9. The maximum atomic E-state index is 11.2. The molecule has 0 bridgehead atoms. The molecular weight excluding hydrogens is 268 g/mol. The highest BCUT2D eigenvalue weighted by Crippen LogP contribution is 2.37. The summed E-state index contributed by atoms with van der Waals surface area (Å²) in [5, 5.41) is 0. The third-order valence-corrected chi connectivity index (χ3v) is 3.62. The van der Waals surface area contributed by atoms with E-state index in [1.807, 2.05) is 25.1 Å². The smallest absolute Gasteiger partial charge is 0.305 e. The molecule has 4 heteroatoms. The van der Waals surface area contributed by atoms with Gasteiger partial charge in [0.1, 0.15) is 11.5 Å². The van der Waals surface area contributed by atoms with Gasteiger partial charge in [0.05, 0.1) is 20.8 Å². The van der Waals surface area contributed by atoms with Crippen LogP contribution in [0.5, 0.6) is 11.5 Å². The molecule has 0 N–H and O–H groups in total. The van der Waals surface area contributed by atoms with E-state index in [1.165, 1.54) is 7.11 Å². The minimum absolute atomic E-state index is 0.105. The summed E-state index contributed by atoms with van der Waals surface area (Å²) in [5.74, 6) is 1.52. The lowest BCUT2D eigenvalue weighted by atomic mass is 9.79. The Kier molecular flexibility index (Phi) is 6.53. The number of hydrogen-bond acceptors (Lipinski definition) is 4. The van der Waals surface area contributed by atoms with Gasteiger partial charge in [-0.2, -0.15) is 0 Å². The highest BCUT2D eigenvalue weighted by atomic mass is 16.5. The van der Waals surface area contributed by atoms with E-state index < -0.39 is 0 Å². The van der Waals surface area contributed by atoms with E-state index >= 15 is 0 Å². The normalized spacial score (nSPS) is 11.1. The Morgan fingerprint density at radius 3 is 2.52 bits per heavy atom. The van der Waals surface area contributed by atoms with Crippen LogP contribution in [0.15, 0.2) is 18.2 Å². The zero-order valence-corrected chi connectivity index (χ0v) is 13.7. The summed E-state index contributed by atoms with van der Waals surface area (Å²) in [7, 11) is 3.09. The van der Waals surface area contributed by atoms with Crippen molar-refractivity contribution >= 4 is 5.97 Å². The molecule has 0 saturated heterocycles. The summed E-state index contributed by atoms with van der Waals surface area (Å²) in [6.07, 6.45) is 2.09. The van der Waals surface area contributed by atoms with Gasteiger partial charge >= 0.3 is 5.97 Å². The minimum Gasteiger partial charge on any atom is -0.496 e. The molecule has 0 unspecified atom stereocenters. The van der Waals surface area contributed by atoms with E-state index in [-0.39, 0.29) is 11.4 Å². The van der Waals surface area contributed by atoms with Gasteiger partial charge in [-0.05, 0) is 43.4 Å². The lowest BCUT2D eigenvalue weighted by Gasteiger charge is -2.27. The molecule has 0 aromatic heterocycles. The fraction of sp³-hybridized carbons (Fsp3) is 0.588. The van der Waals surface area contributed by atoms with Gasteiger partial charge in [0.2, 0.25) is 0 Å². The van der Waals surface area contributed by atoms with Crippen molar-refractivity contribution in [2.24, 2.45) is 0 Å². The first-order chi connectivity index (χ1) is 9.94. The van der Waals surface area contributed by atoms with Crippen molar-refractivity contribution in [3.05, 3.63) is 23.8 Å². The Labute approximate surface area is 127 Å². The van der Waals surface area contributed by atoms with Crippen LogP contribution < -0.4 is 9.47 Å². The van der Waals surface area contributed by atoms with Crippen molar-refractivity contribution in [2.45, 2.75) is 45.4 Å². The molecule has 0 fully saturated rings. The van der Waals surface area contributed by atoms with E-state index in [1.54, 1.807) is 7.11 Å². The number of ether oxygens (including phenoxy) is 3. The number of hydrogen-bond donors (Lipinski definition) is 0. The second-order valence-electron chi connectivity index (χ2n) is 5.61. The number of carbonyl (C=O) groups excluding carboxylic acids is 1. The Hall–Kier alpha value is -1.71.